The molecule has 0 spiro atoms. The first-order valence-corrected chi connectivity index (χ1v) is 12.4. The largest absolute Gasteiger partial charge is 0.466 e. The van der Waals surface area contributed by atoms with Gasteiger partial charge in [0.2, 0.25) is 0 Å². The quantitative estimate of drug-likeness (QED) is 0.138. The van der Waals surface area contributed by atoms with Crippen LogP contribution < -0.4 is 0 Å². The zero-order chi connectivity index (χ0) is 31.2. The number of ether oxygens (including phenoxy) is 5. The normalized spacial score (nSPS) is 14.5. The van der Waals surface area contributed by atoms with Gasteiger partial charge in [-0.15, -0.1) is 0 Å². The number of carbonyl (C=O) groups excluding carboxylic acids is 5. The van der Waals surface area contributed by atoms with E-state index >= 15 is 0 Å². The van der Waals surface area contributed by atoms with Crippen molar-refractivity contribution in [1.29, 1.82) is 0 Å². The first-order valence-electron chi connectivity index (χ1n) is 12.4. The van der Waals surface area contributed by atoms with Crippen molar-refractivity contribution in [1.82, 2.24) is 4.90 Å². The van der Waals surface area contributed by atoms with Crippen LogP contribution in [0.25, 0.3) is 0 Å². The summed E-state index contributed by atoms with van der Waals surface area (Å²) in [7, 11) is 2.10. The lowest BCUT2D eigenvalue weighted by Gasteiger charge is -2.36. The fraction of sp³-hybridized carbons (Fsp3) is 0.444. The van der Waals surface area contributed by atoms with E-state index in [-0.39, 0.29) is 28.1 Å². The summed E-state index contributed by atoms with van der Waals surface area (Å²) in [6.45, 7) is 8.67. The summed E-state index contributed by atoms with van der Waals surface area (Å²) >= 11 is 0. The van der Waals surface area contributed by atoms with E-state index in [1.807, 2.05) is 0 Å². The minimum Gasteiger partial charge on any atom is -0.466 e. The molecule has 0 aliphatic carbocycles. The van der Waals surface area contributed by atoms with E-state index in [9.17, 15) is 34.1 Å². The number of nitro groups is 1. The molecule has 1 unspecified atom stereocenters. The van der Waals surface area contributed by atoms with Crippen molar-refractivity contribution in [2.45, 2.75) is 59.9 Å². The number of nitro benzene ring substituents is 1. The molecule has 14 heteroatoms. The van der Waals surface area contributed by atoms with Crippen molar-refractivity contribution in [2.24, 2.45) is 5.92 Å². The molecule has 0 fully saturated rings. The second kappa shape index (κ2) is 13.5. The van der Waals surface area contributed by atoms with Crippen LogP contribution in [-0.2, 0) is 42.9 Å². The molecular formula is C27H32N2O12. The van der Waals surface area contributed by atoms with Crippen molar-refractivity contribution < 1.29 is 52.6 Å². The molecule has 0 radical (unpaired) electrons. The second-order valence-corrected chi connectivity index (χ2v) is 9.36. The van der Waals surface area contributed by atoms with E-state index in [1.54, 1.807) is 0 Å². The Morgan fingerprint density at radius 3 is 1.78 bits per heavy atom. The average molecular weight is 577 g/mol. The fourth-order valence-corrected chi connectivity index (χ4v) is 4.08. The van der Waals surface area contributed by atoms with Gasteiger partial charge in [0.05, 0.1) is 48.2 Å². The highest BCUT2D eigenvalue weighted by atomic mass is 16.7. The molecule has 0 saturated carbocycles. The Morgan fingerprint density at radius 2 is 1.34 bits per heavy atom. The van der Waals surface area contributed by atoms with Gasteiger partial charge in [-0.05, 0) is 27.7 Å². The summed E-state index contributed by atoms with van der Waals surface area (Å²) in [5, 5.41) is 11.9. The molecule has 1 aromatic carbocycles. The topological polar surface area (TPSA) is 178 Å². The number of allylic oxidation sites excluding steroid dienone is 2. The van der Waals surface area contributed by atoms with Crippen molar-refractivity contribution in [3.8, 4) is 0 Å². The van der Waals surface area contributed by atoms with E-state index in [1.165, 1.54) is 65.8 Å². The van der Waals surface area contributed by atoms with Crippen LogP contribution in [0, 0.1) is 16.0 Å². The van der Waals surface area contributed by atoms with Crippen LogP contribution in [0.2, 0.25) is 0 Å². The highest BCUT2D eigenvalue weighted by molar-refractivity contribution is 6.01. The van der Waals surface area contributed by atoms with E-state index < -0.39 is 64.8 Å². The Bertz CT molecular complexity index is 1270. The maximum atomic E-state index is 13.5. The molecule has 14 nitrogen and oxygen atoms in total. The molecular weight excluding hydrogens is 544 g/mol. The Morgan fingerprint density at radius 1 is 0.829 bits per heavy atom. The minimum atomic E-state index is -2.13. The Balaban J connectivity index is 2.77. The zero-order valence-corrected chi connectivity index (χ0v) is 23.9. The number of carbonyl (C=O) groups is 5. The van der Waals surface area contributed by atoms with Gasteiger partial charge in [-0.1, -0.05) is 32.0 Å². The van der Waals surface area contributed by atoms with E-state index in [4.69, 9.17) is 23.7 Å². The third-order valence-electron chi connectivity index (χ3n) is 5.91. The number of benzene rings is 1. The molecule has 0 N–H and O–H groups in total. The monoisotopic (exact) mass is 576 g/mol. The zero-order valence-electron chi connectivity index (χ0n) is 23.9. The lowest BCUT2D eigenvalue weighted by molar-refractivity contribution is -0.385. The van der Waals surface area contributed by atoms with Gasteiger partial charge < -0.3 is 23.7 Å². The van der Waals surface area contributed by atoms with Crippen LogP contribution in [0.1, 0.15) is 53.0 Å². The van der Waals surface area contributed by atoms with Crippen LogP contribution in [0.4, 0.5) is 10.5 Å². The third kappa shape index (κ3) is 7.07. The first-order chi connectivity index (χ1) is 19.2. The molecule has 1 aliphatic heterocycles. The Labute approximate surface area is 235 Å². The van der Waals surface area contributed by atoms with Gasteiger partial charge in [-0.25, -0.2) is 19.2 Å². The fourth-order valence-electron chi connectivity index (χ4n) is 4.08. The first kappa shape index (κ1) is 32.5. The van der Waals surface area contributed by atoms with E-state index in [2.05, 4.69) is 0 Å². The molecule has 2 rings (SSSR count). The summed E-state index contributed by atoms with van der Waals surface area (Å²) in [6, 6.07) is 5.43. The van der Waals surface area contributed by atoms with Crippen molar-refractivity contribution >= 4 is 35.7 Å². The molecule has 0 aromatic heterocycles. The molecule has 222 valence electrons. The van der Waals surface area contributed by atoms with Crippen LogP contribution >= 0.6 is 0 Å². The molecule has 1 amide bonds. The van der Waals surface area contributed by atoms with Gasteiger partial charge in [0, 0.05) is 23.0 Å². The maximum Gasteiger partial charge on any atom is 0.422 e. The highest BCUT2D eigenvalue weighted by Crippen LogP contribution is 2.45. The molecule has 0 bridgehead atoms. The van der Waals surface area contributed by atoms with Crippen LogP contribution in [0.5, 0.6) is 0 Å². The summed E-state index contributed by atoms with van der Waals surface area (Å²) < 4.78 is 25.2. The number of rotatable bonds is 9. The van der Waals surface area contributed by atoms with Gasteiger partial charge in [-0.2, -0.15) is 0 Å². The Hall–Kier alpha value is -4.75. The number of esters is 4. The highest BCUT2D eigenvalue weighted by Gasteiger charge is 2.45. The number of hydrogen-bond acceptors (Lipinski definition) is 12. The number of methoxy groups -OCH3 is 2. The van der Waals surface area contributed by atoms with Gasteiger partial charge in [-0.3, -0.25) is 19.8 Å². The molecule has 1 aromatic rings. The number of amides is 1. The van der Waals surface area contributed by atoms with E-state index in [0.29, 0.717) is 0 Å². The lowest BCUT2D eigenvalue weighted by atomic mass is 9.79. The molecule has 41 heavy (non-hydrogen) atoms. The van der Waals surface area contributed by atoms with Crippen molar-refractivity contribution in [3.05, 3.63) is 62.5 Å². The van der Waals surface area contributed by atoms with Crippen molar-refractivity contribution in [3.63, 3.8) is 0 Å². The predicted molar refractivity (Wildman–Crippen MR) is 140 cm³/mol. The Kier molecular flexibility index (Phi) is 10.7. The van der Waals surface area contributed by atoms with Crippen LogP contribution in [-0.4, -0.2) is 66.4 Å². The lowest BCUT2D eigenvalue weighted by Crippen LogP contribution is -2.43. The van der Waals surface area contributed by atoms with Crippen molar-refractivity contribution in [2.75, 3.05) is 14.2 Å². The minimum absolute atomic E-state index is 0.0470. The summed E-state index contributed by atoms with van der Waals surface area (Å²) in [5.74, 6) is -6.16. The average Bonchev–Trinajstić information content (AvgIpc) is 2.90. The van der Waals surface area contributed by atoms with Gasteiger partial charge >= 0.3 is 36.3 Å². The standard InChI is InChI=1S/C27H32N2O12/c1-13(2)22(30)40-26(25(33)39-14(3)4)41-27(34)28-15(5)19(23(31)37-7)21(20(16(28)6)24(32)38-8)17-11-9-10-12-18(17)29(35)36/h9-14,21,26H,1-8H3. The van der Waals surface area contributed by atoms with Gasteiger partial charge in [0.25, 0.3) is 5.69 Å². The summed E-state index contributed by atoms with van der Waals surface area (Å²) in [6.07, 6.45) is -4.11. The van der Waals surface area contributed by atoms with Gasteiger partial charge in [0.1, 0.15) is 0 Å². The SMILES string of the molecule is COC(=O)C1=C(C)N(C(=O)OC(OC(=O)C(C)C)C(=O)OC(C)C)C(C)=C(C(=O)OC)C1c1ccccc1[N+](=O)[O-]. The summed E-state index contributed by atoms with van der Waals surface area (Å²) in [4.78, 5) is 76.6. The van der Waals surface area contributed by atoms with Crippen LogP contribution in [0.3, 0.4) is 0 Å². The summed E-state index contributed by atoms with van der Waals surface area (Å²) in [5.41, 5.74) is -1.36. The molecule has 1 atom stereocenters. The number of hydrogen-bond donors (Lipinski definition) is 0. The van der Waals surface area contributed by atoms with Crippen LogP contribution in [0.15, 0.2) is 46.8 Å². The third-order valence-corrected chi connectivity index (χ3v) is 5.91. The maximum absolute atomic E-state index is 13.5. The second-order valence-electron chi connectivity index (χ2n) is 9.36. The number of para-hydroxylation sites is 1. The molecule has 1 heterocycles. The van der Waals surface area contributed by atoms with Gasteiger partial charge in [0.15, 0.2) is 0 Å². The molecule has 1 aliphatic rings. The van der Waals surface area contributed by atoms with E-state index in [0.717, 1.165) is 19.1 Å². The number of nitrogens with zero attached hydrogens (tertiary/aromatic N) is 2. The smallest absolute Gasteiger partial charge is 0.422 e. The molecule has 0 saturated heterocycles. The predicted octanol–water partition coefficient (Wildman–Crippen LogP) is 3.50.